The fourth-order valence-electron chi connectivity index (χ4n) is 5.88. The van der Waals surface area contributed by atoms with Crippen LogP contribution < -0.4 is 14.8 Å². The highest BCUT2D eigenvalue weighted by Crippen LogP contribution is 2.38. The Labute approximate surface area is 265 Å². The number of hydrogen-bond acceptors (Lipinski definition) is 11. The van der Waals surface area contributed by atoms with Crippen molar-refractivity contribution in [1.29, 1.82) is 0 Å². The summed E-state index contributed by atoms with van der Waals surface area (Å²) in [5.41, 5.74) is 0.694. The van der Waals surface area contributed by atoms with E-state index in [1.165, 1.54) is 52.9 Å². The van der Waals surface area contributed by atoms with Crippen LogP contribution in [0.25, 0.3) is 16.9 Å². The van der Waals surface area contributed by atoms with E-state index < -0.39 is 18.9 Å². The lowest BCUT2D eigenvalue weighted by atomic mass is 10.1. The van der Waals surface area contributed by atoms with Crippen molar-refractivity contribution >= 4 is 17.2 Å². The monoisotopic (exact) mass is 652 g/mol. The number of carbonyl (C=O) groups is 1. The second-order valence-corrected chi connectivity index (χ2v) is 11.5. The first-order valence-corrected chi connectivity index (χ1v) is 15.0. The second-order valence-electron chi connectivity index (χ2n) is 11.5. The number of benzene rings is 1. The van der Waals surface area contributed by atoms with Crippen molar-refractivity contribution in [3.63, 3.8) is 0 Å². The maximum atomic E-state index is 13.7. The van der Waals surface area contributed by atoms with Crippen LogP contribution in [0.3, 0.4) is 0 Å². The maximum absolute atomic E-state index is 13.7. The van der Waals surface area contributed by atoms with Gasteiger partial charge in [0.05, 0.1) is 23.5 Å². The summed E-state index contributed by atoms with van der Waals surface area (Å²) in [6, 6.07) is 6.12. The van der Waals surface area contributed by atoms with Crippen LogP contribution in [0.5, 0.6) is 11.5 Å². The first kappa shape index (κ1) is 30.5. The highest BCUT2D eigenvalue weighted by atomic mass is 19.3. The molecule has 6 heterocycles. The number of likely N-dealkylation sites (tertiary alicyclic amines) is 2. The third kappa shape index (κ3) is 6.46. The number of tetrazole rings is 1. The van der Waals surface area contributed by atoms with E-state index in [1.54, 1.807) is 17.1 Å². The number of amides is 1. The molecule has 7 rings (SSSR count). The van der Waals surface area contributed by atoms with Gasteiger partial charge in [0.1, 0.15) is 29.3 Å². The fraction of sp³-hybridized carbons (Fsp3) is 0.414. The molecule has 2 unspecified atom stereocenters. The molecule has 1 N–H and O–H groups in total. The highest BCUT2D eigenvalue weighted by molar-refractivity contribution is 6.09. The van der Waals surface area contributed by atoms with Crippen molar-refractivity contribution in [2.75, 3.05) is 38.5 Å². The molecule has 0 radical (unpaired) electrons. The number of nitrogens with zero attached hydrogens (tertiary/aromatic N) is 11. The van der Waals surface area contributed by atoms with E-state index in [4.69, 9.17) is 9.47 Å². The molecule has 0 bridgehead atoms. The molecule has 1 aromatic carbocycles. The summed E-state index contributed by atoms with van der Waals surface area (Å²) >= 11 is 0. The number of hydrogen-bond donors (Lipinski definition) is 1. The summed E-state index contributed by atoms with van der Waals surface area (Å²) in [6.45, 7) is 1.86. The minimum atomic E-state index is -3.16. The maximum Gasteiger partial charge on any atom is 0.387 e. The van der Waals surface area contributed by atoms with E-state index in [9.17, 15) is 18.0 Å². The molecule has 18 heteroatoms. The molecular formula is C29H31F3N12O3. The van der Waals surface area contributed by atoms with Gasteiger partial charge < -0.3 is 19.7 Å². The fourth-order valence-corrected chi connectivity index (χ4v) is 5.88. The smallest absolute Gasteiger partial charge is 0.387 e. The quantitative estimate of drug-likeness (QED) is 0.225. The van der Waals surface area contributed by atoms with Crippen molar-refractivity contribution < 1.29 is 27.4 Å². The Morgan fingerprint density at radius 3 is 2.74 bits per heavy atom. The minimum Gasteiger partial charge on any atom is -0.461 e. The Hall–Kier alpha value is -5.10. The first-order valence-electron chi connectivity index (χ1n) is 15.0. The molecule has 0 spiro atoms. The number of anilines is 1. The van der Waals surface area contributed by atoms with E-state index in [-0.39, 0.29) is 46.6 Å². The Balaban J connectivity index is 1.18. The van der Waals surface area contributed by atoms with Crippen molar-refractivity contribution in [3.05, 3.63) is 60.4 Å². The summed E-state index contributed by atoms with van der Waals surface area (Å²) in [7, 11) is 2.12. The molecular weight excluding hydrogens is 621 g/mol. The van der Waals surface area contributed by atoms with Crippen molar-refractivity contribution in [2.24, 2.45) is 0 Å². The van der Waals surface area contributed by atoms with Crippen LogP contribution in [0, 0.1) is 0 Å². The van der Waals surface area contributed by atoms with Crippen molar-refractivity contribution in [1.82, 2.24) is 54.4 Å². The van der Waals surface area contributed by atoms with Gasteiger partial charge in [0.15, 0.2) is 11.5 Å². The molecule has 246 valence electrons. The summed E-state index contributed by atoms with van der Waals surface area (Å²) in [4.78, 5) is 24.0. The molecule has 0 aliphatic carbocycles. The van der Waals surface area contributed by atoms with Gasteiger partial charge in [0.25, 0.3) is 5.91 Å². The largest absolute Gasteiger partial charge is 0.461 e. The lowest BCUT2D eigenvalue weighted by Crippen LogP contribution is -2.53. The van der Waals surface area contributed by atoms with Gasteiger partial charge in [0.2, 0.25) is 6.36 Å². The number of fused-ring (bicyclic) bond motifs is 1. The lowest BCUT2D eigenvalue weighted by molar-refractivity contribution is -0.0495. The number of aromatic nitrogens is 9. The molecule has 15 nitrogen and oxygen atoms in total. The number of ether oxygens (including phenoxy) is 2. The van der Waals surface area contributed by atoms with Crippen molar-refractivity contribution in [2.45, 2.75) is 44.9 Å². The Morgan fingerprint density at radius 2 is 1.98 bits per heavy atom. The van der Waals surface area contributed by atoms with Gasteiger partial charge in [-0.1, -0.05) is 0 Å². The molecule has 2 saturated heterocycles. The molecule has 47 heavy (non-hydrogen) atoms. The zero-order chi connectivity index (χ0) is 32.7. The molecule has 2 aliphatic rings. The molecule has 2 fully saturated rings. The van der Waals surface area contributed by atoms with Gasteiger partial charge in [0, 0.05) is 51.2 Å². The van der Waals surface area contributed by atoms with E-state index >= 15 is 0 Å². The van der Waals surface area contributed by atoms with E-state index in [1.807, 2.05) is 0 Å². The van der Waals surface area contributed by atoms with Gasteiger partial charge >= 0.3 is 6.61 Å². The average Bonchev–Trinajstić information content (AvgIpc) is 3.81. The van der Waals surface area contributed by atoms with Crippen molar-refractivity contribution in [3.8, 4) is 22.8 Å². The second kappa shape index (κ2) is 12.6. The van der Waals surface area contributed by atoms with Crippen LogP contribution in [0.4, 0.5) is 18.9 Å². The van der Waals surface area contributed by atoms with Gasteiger partial charge in [-0.05, 0) is 49.5 Å². The number of carbonyl (C=O) groups excluding carboxylic acids is 1. The Morgan fingerprint density at radius 1 is 1.13 bits per heavy atom. The molecule has 1 amide bonds. The Bertz CT molecular complexity index is 1890. The standard InChI is InChI=1S/C29H31F3N12O3/c1-17(30)46-20-4-5-24(47-29(31)32)21(10-20)26-23(35-28(45)22-11-34-43-8-3-7-33-27(22)43)15-42(38-26)16-25-36-39-44(37-25)19-13-41(14-19)18-6-9-40(2)12-18/h3-5,7-8,10-11,15,17-19,29H,6,9,12-14,16H2,1-2H3,(H,35,45). The molecule has 4 aromatic heterocycles. The van der Waals surface area contributed by atoms with Gasteiger partial charge in [-0.15, -0.1) is 10.2 Å². The normalized spacial score (nSPS) is 18.1. The topological polar surface area (TPSA) is 146 Å². The number of halogens is 3. The van der Waals surface area contributed by atoms with Crippen LogP contribution in [0.15, 0.2) is 49.1 Å². The van der Waals surface area contributed by atoms with E-state index in [0.717, 1.165) is 32.6 Å². The van der Waals surface area contributed by atoms with Crippen LogP contribution in [0.1, 0.15) is 35.6 Å². The van der Waals surface area contributed by atoms with Crippen LogP contribution in [-0.2, 0) is 6.54 Å². The van der Waals surface area contributed by atoms with Gasteiger partial charge in [-0.3, -0.25) is 14.4 Å². The summed E-state index contributed by atoms with van der Waals surface area (Å²) < 4.78 is 53.4. The zero-order valence-corrected chi connectivity index (χ0v) is 25.4. The van der Waals surface area contributed by atoms with Crippen LogP contribution >= 0.6 is 0 Å². The van der Waals surface area contributed by atoms with Crippen LogP contribution in [-0.4, -0.2) is 113 Å². The SMILES string of the molecule is CC(F)Oc1ccc(OC(F)F)c(-c2nn(Cc3nnn(C4CN(C5CCN(C)C5)C4)n3)cc2NC(=O)c2cnn3cccnc23)c1. The van der Waals surface area contributed by atoms with E-state index in [2.05, 4.69) is 52.8 Å². The third-order valence-corrected chi connectivity index (χ3v) is 8.13. The summed E-state index contributed by atoms with van der Waals surface area (Å²) in [5.74, 6) is -0.439. The lowest BCUT2D eigenvalue weighted by Gasteiger charge is -2.41. The number of nitrogens with one attached hydrogen (secondary N) is 1. The number of alkyl halides is 3. The first-order chi connectivity index (χ1) is 22.7. The van der Waals surface area contributed by atoms with Crippen LogP contribution in [0.2, 0.25) is 0 Å². The Kier molecular flexibility index (Phi) is 8.19. The third-order valence-electron chi connectivity index (χ3n) is 8.13. The van der Waals surface area contributed by atoms with Gasteiger partial charge in [-0.25, -0.2) is 13.9 Å². The summed E-state index contributed by atoms with van der Waals surface area (Å²) in [5, 5.41) is 24.5. The molecule has 0 saturated carbocycles. The zero-order valence-electron chi connectivity index (χ0n) is 25.4. The molecule has 2 aliphatic heterocycles. The summed E-state index contributed by atoms with van der Waals surface area (Å²) in [6.07, 6.45) is 5.49. The number of rotatable bonds is 11. The minimum absolute atomic E-state index is 0.0271. The predicted octanol–water partition coefficient (Wildman–Crippen LogP) is 2.74. The number of likely N-dealkylation sites (N-methyl/N-ethyl adjacent to an activating group) is 1. The van der Waals surface area contributed by atoms with Gasteiger partial charge in [-0.2, -0.15) is 23.8 Å². The predicted molar refractivity (Wildman–Crippen MR) is 160 cm³/mol. The molecule has 5 aromatic rings. The van der Waals surface area contributed by atoms with E-state index in [0.29, 0.717) is 17.5 Å². The average molecular weight is 653 g/mol. The molecule has 2 atom stereocenters. The highest BCUT2D eigenvalue weighted by Gasteiger charge is 2.37.